The Bertz CT molecular complexity index is 633. The zero-order chi connectivity index (χ0) is 14.3. The van der Waals surface area contributed by atoms with Crippen LogP contribution in [-0.2, 0) is 6.42 Å². The number of rotatable bonds is 3. The van der Waals surface area contributed by atoms with Crippen LogP contribution in [0.15, 0.2) is 23.6 Å². The van der Waals surface area contributed by atoms with Crippen molar-refractivity contribution in [2.24, 2.45) is 0 Å². The van der Waals surface area contributed by atoms with E-state index < -0.39 is 0 Å². The molecule has 1 atom stereocenters. The molecule has 2 heterocycles. The highest BCUT2D eigenvalue weighted by atomic mass is 32.1. The number of thiazole rings is 1. The third-order valence-electron chi connectivity index (χ3n) is 3.60. The molecule has 0 spiro atoms. The summed E-state index contributed by atoms with van der Waals surface area (Å²) in [5.74, 6) is 1.03. The summed E-state index contributed by atoms with van der Waals surface area (Å²) in [7, 11) is 1.97. The molecule has 20 heavy (non-hydrogen) atoms. The second-order valence-electron chi connectivity index (χ2n) is 5.92. The number of aromatic nitrogens is 1. The zero-order valence-electron chi connectivity index (χ0n) is 12.4. The van der Waals surface area contributed by atoms with Crippen molar-refractivity contribution in [2.75, 3.05) is 7.05 Å². The molecular formula is C16H20N2OS. The van der Waals surface area contributed by atoms with E-state index in [1.807, 2.05) is 14.0 Å². The van der Waals surface area contributed by atoms with Gasteiger partial charge in [0.05, 0.1) is 6.04 Å². The van der Waals surface area contributed by atoms with Gasteiger partial charge in [0.1, 0.15) is 16.4 Å². The van der Waals surface area contributed by atoms with Crippen LogP contribution >= 0.6 is 11.3 Å². The van der Waals surface area contributed by atoms with E-state index in [1.54, 1.807) is 11.3 Å². The molecule has 1 N–H and O–H groups in total. The average Bonchev–Trinajstić information content (AvgIpc) is 2.93. The Balaban J connectivity index is 2.05. The molecule has 0 amide bonds. The van der Waals surface area contributed by atoms with Gasteiger partial charge in [0, 0.05) is 23.1 Å². The molecule has 0 aliphatic carbocycles. The third kappa shape index (κ3) is 2.34. The van der Waals surface area contributed by atoms with E-state index in [0.29, 0.717) is 0 Å². The molecule has 0 saturated heterocycles. The van der Waals surface area contributed by atoms with Gasteiger partial charge in [-0.05, 0) is 33.4 Å². The number of para-hydroxylation sites is 1. The van der Waals surface area contributed by atoms with Gasteiger partial charge in [0.15, 0.2) is 0 Å². The minimum atomic E-state index is -0.116. The van der Waals surface area contributed by atoms with Gasteiger partial charge in [-0.15, -0.1) is 11.3 Å². The van der Waals surface area contributed by atoms with E-state index in [9.17, 15) is 0 Å². The number of hydrogen-bond donors (Lipinski definition) is 1. The maximum atomic E-state index is 6.17. The smallest absolute Gasteiger partial charge is 0.128 e. The van der Waals surface area contributed by atoms with Gasteiger partial charge >= 0.3 is 0 Å². The molecule has 0 fully saturated rings. The van der Waals surface area contributed by atoms with Crippen molar-refractivity contribution >= 4 is 11.3 Å². The van der Waals surface area contributed by atoms with E-state index in [-0.39, 0.29) is 11.6 Å². The van der Waals surface area contributed by atoms with E-state index in [0.717, 1.165) is 22.9 Å². The minimum Gasteiger partial charge on any atom is -0.487 e. The average molecular weight is 288 g/mol. The van der Waals surface area contributed by atoms with Crippen molar-refractivity contribution in [3.05, 3.63) is 45.4 Å². The highest BCUT2D eigenvalue weighted by Gasteiger charge is 2.33. The first kappa shape index (κ1) is 13.6. The second kappa shape index (κ2) is 4.86. The summed E-state index contributed by atoms with van der Waals surface area (Å²) in [4.78, 5) is 4.62. The fraction of sp³-hybridized carbons (Fsp3) is 0.438. The van der Waals surface area contributed by atoms with Gasteiger partial charge in [0.25, 0.3) is 0 Å². The zero-order valence-corrected chi connectivity index (χ0v) is 13.2. The Labute approximate surface area is 124 Å². The number of fused-ring (bicyclic) bond motifs is 1. The highest BCUT2D eigenvalue weighted by Crippen LogP contribution is 2.41. The number of aryl methyl sites for hydroxylation is 1. The summed E-state index contributed by atoms with van der Waals surface area (Å²) < 4.78 is 6.17. The van der Waals surface area contributed by atoms with Crippen molar-refractivity contribution in [2.45, 2.75) is 38.8 Å². The standard InChI is InChI=1S/C16H20N2OS/c1-10-9-20-15(18-10)13(17-4)12-7-5-6-11-8-16(2,3)19-14(11)12/h5-7,9,13,17H,8H2,1-4H3. The largest absolute Gasteiger partial charge is 0.487 e. The van der Waals surface area contributed by atoms with Crippen molar-refractivity contribution in [3.63, 3.8) is 0 Å². The summed E-state index contributed by atoms with van der Waals surface area (Å²) in [5, 5.41) is 6.55. The quantitative estimate of drug-likeness (QED) is 0.939. The SMILES string of the molecule is CNC(c1nc(C)cs1)c1cccc2c1OC(C)(C)C2. The highest BCUT2D eigenvalue weighted by molar-refractivity contribution is 7.09. The lowest BCUT2D eigenvalue weighted by Gasteiger charge is -2.21. The Kier molecular flexibility index (Phi) is 3.30. The van der Waals surface area contributed by atoms with Crippen LogP contribution in [0.3, 0.4) is 0 Å². The number of ether oxygens (including phenoxy) is 1. The summed E-state index contributed by atoms with van der Waals surface area (Å²) in [6.07, 6.45) is 0.962. The van der Waals surface area contributed by atoms with Gasteiger partial charge in [-0.25, -0.2) is 4.98 Å². The van der Waals surface area contributed by atoms with Gasteiger partial charge < -0.3 is 10.1 Å². The first-order valence-electron chi connectivity index (χ1n) is 6.90. The topological polar surface area (TPSA) is 34.2 Å². The number of nitrogens with zero attached hydrogens (tertiary/aromatic N) is 1. The van der Waals surface area contributed by atoms with Crippen LogP contribution in [0.25, 0.3) is 0 Å². The second-order valence-corrected chi connectivity index (χ2v) is 6.81. The molecule has 2 aromatic rings. The molecule has 1 aliphatic rings. The molecule has 0 bridgehead atoms. The maximum absolute atomic E-state index is 6.17. The predicted molar refractivity (Wildman–Crippen MR) is 82.6 cm³/mol. The Hall–Kier alpha value is -1.39. The van der Waals surface area contributed by atoms with Gasteiger partial charge in [-0.3, -0.25) is 0 Å². The van der Waals surface area contributed by atoms with E-state index in [4.69, 9.17) is 4.74 Å². The van der Waals surface area contributed by atoms with Crippen LogP contribution in [0.2, 0.25) is 0 Å². The molecule has 3 rings (SSSR count). The number of hydrogen-bond acceptors (Lipinski definition) is 4. The van der Waals surface area contributed by atoms with Crippen LogP contribution in [-0.4, -0.2) is 17.6 Å². The summed E-state index contributed by atoms with van der Waals surface area (Å²) in [6.45, 7) is 6.30. The normalized spacial score (nSPS) is 17.6. The molecule has 1 aromatic carbocycles. The fourth-order valence-corrected chi connectivity index (χ4v) is 3.71. The Morgan fingerprint density at radius 3 is 2.85 bits per heavy atom. The summed E-state index contributed by atoms with van der Waals surface area (Å²) in [5.41, 5.74) is 3.43. The molecule has 3 nitrogen and oxygen atoms in total. The van der Waals surface area contributed by atoms with Gasteiger partial charge in [-0.2, -0.15) is 0 Å². The maximum Gasteiger partial charge on any atom is 0.128 e. The van der Waals surface area contributed by atoms with Crippen molar-refractivity contribution < 1.29 is 4.74 Å². The molecule has 0 radical (unpaired) electrons. The monoisotopic (exact) mass is 288 g/mol. The lowest BCUT2D eigenvalue weighted by atomic mass is 9.98. The molecule has 0 saturated carbocycles. The third-order valence-corrected chi connectivity index (χ3v) is 4.63. The molecule has 1 aromatic heterocycles. The molecule has 106 valence electrons. The summed E-state index contributed by atoms with van der Waals surface area (Å²) in [6, 6.07) is 6.51. The van der Waals surface area contributed by atoms with Crippen LogP contribution in [0.5, 0.6) is 5.75 Å². The molecule has 1 unspecified atom stereocenters. The van der Waals surface area contributed by atoms with Crippen LogP contribution < -0.4 is 10.1 Å². The van der Waals surface area contributed by atoms with Crippen LogP contribution in [0, 0.1) is 6.92 Å². The molecule has 1 aliphatic heterocycles. The first-order chi connectivity index (χ1) is 9.50. The number of nitrogens with one attached hydrogen (secondary N) is 1. The Morgan fingerprint density at radius 2 is 2.20 bits per heavy atom. The molecular weight excluding hydrogens is 268 g/mol. The van der Waals surface area contributed by atoms with Crippen molar-refractivity contribution in [1.82, 2.24) is 10.3 Å². The lowest BCUT2D eigenvalue weighted by molar-refractivity contribution is 0.136. The van der Waals surface area contributed by atoms with Crippen molar-refractivity contribution in [1.29, 1.82) is 0 Å². The molecule has 4 heteroatoms. The summed E-state index contributed by atoms with van der Waals surface area (Å²) >= 11 is 1.69. The lowest BCUT2D eigenvalue weighted by Crippen LogP contribution is -2.25. The van der Waals surface area contributed by atoms with Crippen molar-refractivity contribution in [3.8, 4) is 5.75 Å². The van der Waals surface area contributed by atoms with Gasteiger partial charge in [0.2, 0.25) is 0 Å². The minimum absolute atomic E-state index is 0.0950. The van der Waals surface area contributed by atoms with E-state index >= 15 is 0 Å². The fourth-order valence-electron chi connectivity index (χ4n) is 2.78. The van der Waals surface area contributed by atoms with E-state index in [1.165, 1.54) is 11.1 Å². The van der Waals surface area contributed by atoms with Crippen LogP contribution in [0.1, 0.15) is 41.7 Å². The Morgan fingerprint density at radius 1 is 1.40 bits per heavy atom. The van der Waals surface area contributed by atoms with Gasteiger partial charge in [-0.1, -0.05) is 18.2 Å². The first-order valence-corrected chi connectivity index (χ1v) is 7.78. The number of benzene rings is 1. The van der Waals surface area contributed by atoms with Crippen LogP contribution in [0.4, 0.5) is 0 Å². The predicted octanol–water partition coefficient (Wildman–Crippen LogP) is 3.47. The van der Waals surface area contributed by atoms with E-state index in [2.05, 4.69) is 47.7 Å².